The first kappa shape index (κ1) is 13.6. The average molecular weight is 260 g/mol. The number of hydrogen-bond donors (Lipinski definition) is 1. The van der Waals surface area contributed by atoms with Gasteiger partial charge >= 0.3 is 0 Å². The first-order chi connectivity index (χ1) is 9.20. The molecule has 2 aromatic carbocycles. The first-order valence-electron chi connectivity index (χ1n) is 6.41. The summed E-state index contributed by atoms with van der Waals surface area (Å²) in [6, 6.07) is 13.7. The van der Waals surface area contributed by atoms with E-state index in [1.165, 1.54) is 6.07 Å². The van der Waals surface area contributed by atoms with E-state index >= 15 is 0 Å². The van der Waals surface area contributed by atoms with Crippen LogP contribution in [0.5, 0.6) is 11.5 Å². The van der Waals surface area contributed by atoms with Crippen LogP contribution in [-0.2, 0) is 0 Å². The zero-order valence-corrected chi connectivity index (χ0v) is 10.8. The van der Waals surface area contributed by atoms with E-state index in [2.05, 4.69) is 0 Å². The highest BCUT2D eigenvalue weighted by molar-refractivity contribution is 5.35. The lowest BCUT2D eigenvalue weighted by atomic mass is 10.0. The summed E-state index contributed by atoms with van der Waals surface area (Å²) < 4.78 is 19.3. The van der Waals surface area contributed by atoms with Gasteiger partial charge in [-0.25, -0.2) is 4.39 Å². The molecular formula is C16H17FO2. The van der Waals surface area contributed by atoms with Gasteiger partial charge < -0.3 is 9.84 Å². The molecule has 19 heavy (non-hydrogen) atoms. The number of para-hydroxylation sites is 1. The number of hydrogen-bond acceptors (Lipinski definition) is 2. The average Bonchev–Trinajstić information content (AvgIpc) is 2.42. The van der Waals surface area contributed by atoms with Gasteiger partial charge in [0.1, 0.15) is 17.3 Å². The van der Waals surface area contributed by atoms with Gasteiger partial charge in [-0.3, -0.25) is 0 Å². The van der Waals surface area contributed by atoms with Crippen molar-refractivity contribution >= 4 is 0 Å². The van der Waals surface area contributed by atoms with Crippen molar-refractivity contribution in [3.05, 3.63) is 59.9 Å². The molecule has 3 heteroatoms. The molecule has 0 saturated heterocycles. The van der Waals surface area contributed by atoms with Crippen molar-refractivity contribution in [1.29, 1.82) is 0 Å². The molecule has 1 atom stereocenters. The second-order valence-corrected chi connectivity index (χ2v) is 4.40. The van der Waals surface area contributed by atoms with Gasteiger partial charge in [0.25, 0.3) is 0 Å². The number of ether oxygens (including phenoxy) is 1. The van der Waals surface area contributed by atoms with Crippen molar-refractivity contribution < 1.29 is 14.2 Å². The number of rotatable bonds is 5. The minimum absolute atomic E-state index is 0.287. The fraction of sp³-hybridized carbons (Fsp3) is 0.250. The maximum atomic E-state index is 13.7. The molecule has 2 aromatic rings. The van der Waals surface area contributed by atoms with E-state index in [-0.39, 0.29) is 5.56 Å². The number of benzene rings is 2. The predicted octanol–water partition coefficient (Wildman–Crippen LogP) is 4.45. The summed E-state index contributed by atoms with van der Waals surface area (Å²) in [6.45, 7) is 1.95. The monoisotopic (exact) mass is 260 g/mol. The Labute approximate surface area is 112 Å². The van der Waals surface area contributed by atoms with Gasteiger partial charge in [-0.05, 0) is 36.8 Å². The molecule has 0 radical (unpaired) electrons. The van der Waals surface area contributed by atoms with E-state index in [4.69, 9.17) is 4.74 Å². The smallest absolute Gasteiger partial charge is 0.129 e. The van der Waals surface area contributed by atoms with Crippen molar-refractivity contribution in [1.82, 2.24) is 0 Å². The Kier molecular flexibility index (Phi) is 4.53. The highest BCUT2D eigenvalue weighted by Gasteiger charge is 2.13. The third-order valence-electron chi connectivity index (χ3n) is 2.87. The van der Waals surface area contributed by atoms with Gasteiger partial charge in [-0.1, -0.05) is 31.5 Å². The van der Waals surface area contributed by atoms with E-state index in [1.807, 2.05) is 37.3 Å². The molecule has 0 aromatic heterocycles. The Balaban J connectivity index is 2.21. The first-order valence-corrected chi connectivity index (χ1v) is 6.41. The van der Waals surface area contributed by atoms with E-state index in [0.717, 1.165) is 6.42 Å². The van der Waals surface area contributed by atoms with Gasteiger partial charge in [0.05, 0.1) is 6.10 Å². The molecule has 0 fully saturated rings. The van der Waals surface area contributed by atoms with Crippen LogP contribution in [-0.4, -0.2) is 5.11 Å². The lowest BCUT2D eigenvalue weighted by molar-refractivity contribution is 0.161. The Morgan fingerprint density at radius 2 is 1.84 bits per heavy atom. The minimum atomic E-state index is -0.788. The minimum Gasteiger partial charge on any atom is -0.457 e. The standard InChI is InChI=1S/C16H17FO2/c1-2-6-16(18)14-11-13(9-10-15(14)17)19-12-7-4-3-5-8-12/h3-5,7-11,16,18H,2,6H2,1H3. The van der Waals surface area contributed by atoms with Crippen molar-refractivity contribution in [3.8, 4) is 11.5 Å². The third kappa shape index (κ3) is 3.55. The van der Waals surface area contributed by atoms with Gasteiger partial charge in [0, 0.05) is 5.56 Å². The summed E-state index contributed by atoms with van der Waals surface area (Å²) in [5.41, 5.74) is 0.287. The van der Waals surface area contributed by atoms with Gasteiger partial charge in [-0.15, -0.1) is 0 Å². The summed E-state index contributed by atoms with van der Waals surface area (Å²) in [4.78, 5) is 0. The van der Waals surface area contributed by atoms with Crippen molar-refractivity contribution in [2.75, 3.05) is 0 Å². The molecule has 0 aliphatic heterocycles. The van der Waals surface area contributed by atoms with E-state index in [0.29, 0.717) is 17.9 Å². The molecule has 2 nitrogen and oxygen atoms in total. The molecule has 1 unspecified atom stereocenters. The van der Waals surface area contributed by atoms with E-state index < -0.39 is 11.9 Å². The van der Waals surface area contributed by atoms with Gasteiger partial charge in [0.2, 0.25) is 0 Å². The topological polar surface area (TPSA) is 29.5 Å². The van der Waals surface area contributed by atoms with Crippen LogP contribution in [0.3, 0.4) is 0 Å². The molecule has 0 bridgehead atoms. The van der Waals surface area contributed by atoms with Crippen LogP contribution in [0, 0.1) is 5.82 Å². The van der Waals surface area contributed by atoms with Crippen molar-refractivity contribution in [3.63, 3.8) is 0 Å². The van der Waals surface area contributed by atoms with E-state index in [1.54, 1.807) is 12.1 Å². The zero-order chi connectivity index (χ0) is 13.7. The van der Waals surface area contributed by atoms with Crippen LogP contribution in [0.25, 0.3) is 0 Å². The fourth-order valence-corrected chi connectivity index (χ4v) is 1.89. The molecular weight excluding hydrogens is 243 g/mol. The molecule has 0 spiro atoms. The predicted molar refractivity (Wildman–Crippen MR) is 72.8 cm³/mol. The second kappa shape index (κ2) is 6.34. The van der Waals surface area contributed by atoms with Crippen LogP contribution >= 0.6 is 0 Å². The maximum Gasteiger partial charge on any atom is 0.129 e. The van der Waals surface area contributed by atoms with Crippen LogP contribution < -0.4 is 4.74 Å². The highest BCUT2D eigenvalue weighted by Crippen LogP contribution is 2.28. The van der Waals surface area contributed by atoms with Crippen LogP contribution in [0.15, 0.2) is 48.5 Å². The van der Waals surface area contributed by atoms with Crippen molar-refractivity contribution in [2.24, 2.45) is 0 Å². The van der Waals surface area contributed by atoms with Gasteiger partial charge in [0.15, 0.2) is 0 Å². The quantitative estimate of drug-likeness (QED) is 0.860. The Morgan fingerprint density at radius 3 is 2.53 bits per heavy atom. The molecule has 0 heterocycles. The van der Waals surface area contributed by atoms with Crippen molar-refractivity contribution in [2.45, 2.75) is 25.9 Å². The number of halogens is 1. The molecule has 0 aliphatic carbocycles. The summed E-state index contributed by atoms with van der Waals surface area (Å²) >= 11 is 0. The highest BCUT2D eigenvalue weighted by atomic mass is 19.1. The maximum absolute atomic E-state index is 13.7. The molecule has 100 valence electrons. The lowest BCUT2D eigenvalue weighted by Gasteiger charge is -2.13. The summed E-state index contributed by atoms with van der Waals surface area (Å²) in [6.07, 6.45) is 0.542. The fourth-order valence-electron chi connectivity index (χ4n) is 1.89. The van der Waals surface area contributed by atoms with Crippen LogP contribution in [0.2, 0.25) is 0 Å². The van der Waals surface area contributed by atoms with Crippen LogP contribution in [0.1, 0.15) is 31.4 Å². The Morgan fingerprint density at radius 1 is 1.11 bits per heavy atom. The lowest BCUT2D eigenvalue weighted by Crippen LogP contribution is -2.00. The summed E-state index contributed by atoms with van der Waals surface area (Å²) in [5.74, 6) is 0.809. The molecule has 1 N–H and O–H groups in total. The molecule has 0 aliphatic rings. The summed E-state index contributed by atoms with van der Waals surface area (Å²) in [5, 5.41) is 9.90. The molecule has 2 rings (SSSR count). The SMILES string of the molecule is CCCC(O)c1cc(Oc2ccccc2)ccc1F. The second-order valence-electron chi connectivity index (χ2n) is 4.40. The molecule has 0 saturated carbocycles. The normalized spacial score (nSPS) is 12.2. The summed E-state index contributed by atoms with van der Waals surface area (Å²) in [7, 11) is 0. The number of aliphatic hydroxyl groups is 1. The number of aliphatic hydroxyl groups excluding tert-OH is 1. The van der Waals surface area contributed by atoms with Gasteiger partial charge in [-0.2, -0.15) is 0 Å². The largest absolute Gasteiger partial charge is 0.457 e. The zero-order valence-electron chi connectivity index (χ0n) is 10.8. The van der Waals surface area contributed by atoms with E-state index in [9.17, 15) is 9.50 Å². The Hall–Kier alpha value is -1.87. The third-order valence-corrected chi connectivity index (χ3v) is 2.87. The van der Waals surface area contributed by atoms with Crippen LogP contribution in [0.4, 0.5) is 4.39 Å². The molecule has 0 amide bonds. The Bertz CT molecular complexity index is 526.